The fraction of sp³-hybridized carbons (Fsp3) is 0.158. The summed E-state index contributed by atoms with van der Waals surface area (Å²) in [5, 5.41) is 0.189. The van der Waals surface area contributed by atoms with Gasteiger partial charge in [-0.1, -0.05) is 12.2 Å². The quantitative estimate of drug-likeness (QED) is 0.677. The van der Waals surface area contributed by atoms with E-state index in [4.69, 9.17) is 4.42 Å². The number of fused-ring (bicyclic) bond motifs is 2. The average Bonchev–Trinajstić information content (AvgIpc) is 3.24. The Hall–Kier alpha value is -3.09. The van der Waals surface area contributed by atoms with Gasteiger partial charge in [0.15, 0.2) is 0 Å². The summed E-state index contributed by atoms with van der Waals surface area (Å²) in [5.41, 5.74) is -0.289. The van der Waals surface area contributed by atoms with Gasteiger partial charge in [0.2, 0.25) is 0 Å². The number of aromatic nitrogens is 2. The van der Waals surface area contributed by atoms with Gasteiger partial charge < -0.3 is 4.42 Å². The highest BCUT2D eigenvalue weighted by Crippen LogP contribution is 2.31. The highest BCUT2D eigenvalue weighted by atomic mass is 19.4. The first kappa shape index (κ1) is 16.4. The molecule has 132 valence electrons. The van der Waals surface area contributed by atoms with E-state index in [0.717, 1.165) is 17.7 Å². The third-order valence-electron chi connectivity index (χ3n) is 4.28. The first-order chi connectivity index (χ1) is 12.4. The number of allylic oxidation sites excluding steroid dienone is 3. The van der Waals surface area contributed by atoms with Gasteiger partial charge in [-0.3, -0.25) is 9.36 Å². The lowest BCUT2D eigenvalue weighted by Crippen LogP contribution is -2.21. The van der Waals surface area contributed by atoms with Crippen molar-refractivity contribution in [1.82, 2.24) is 9.55 Å². The Morgan fingerprint density at radius 3 is 2.81 bits per heavy atom. The van der Waals surface area contributed by atoms with Gasteiger partial charge in [-0.05, 0) is 48.4 Å². The molecule has 26 heavy (non-hydrogen) atoms. The van der Waals surface area contributed by atoms with Crippen LogP contribution in [0.3, 0.4) is 0 Å². The van der Waals surface area contributed by atoms with E-state index in [9.17, 15) is 18.0 Å². The Morgan fingerprint density at radius 2 is 2.08 bits per heavy atom. The molecule has 4 nitrogen and oxygen atoms in total. The lowest BCUT2D eigenvalue weighted by molar-refractivity contribution is -0.137. The largest absolute Gasteiger partial charge is 0.465 e. The summed E-state index contributed by atoms with van der Waals surface area (Å²) in [5.74, 6) is 1.09. The standard InChI is InChI=1S/C19H13F3N2O2/c20-19(21,22)13-6-7-15-16(11-13)23-17-12(8-9-24(17)18(15)25)3-1-4-14-5-2-10-26-14/h1-7,10-11H,8-9H2. The van der Waals surface area contributed by atoms with Gasteiger partial charge in [-0.15, -0.1) is 0 Å². The fourth-order valence-corrected chi connectivity index (χ4v) is 3.00. The summed E-state index contributed by atoms with van der Waals surface area (Å²) in [4.78, 5) is 16.9. The maximum Gasteiger partial charge on any atom is 0.416 e. The van der Waals surface area contributed by atoms with Crippen molar-refractivity contribution in [3.8, 4) is 0 Å². The van der Waals surface area contributed by atoms with Gasteiger partial charge >= 0.3 is 6.18 Å². The third-order valence-corrected chi connectivity index (χ3v) is 4.28. The summed E-state index contributed by atoms with van der Waals surface area (Å²) in [6.45, 7) is 0.457. The van der Waals surface area contributed by atoms with Crippen LogP contribution in [0, 0.1) is 0 Å². The van der Waals surface area contributed by atoms with E-state index in [-0.39, 0.29) is 16.5 Å². The predicted molar refractivity (Wildman–Crippen MR) is 91.3 cm³/mol. The van der Waals surface area contributed by atoms with Gasteiger partial charge in [-0.25, -0.2) is 4.98 Å². The van der Waals surface area contributed by atoms with Gasteiger partial charge in [0.25, 0.3) is 5.56 Å². The molecular formula is C19H13F3N2O2. The maximum absolute atomic E-state index is 12.9. The van der Waals surface area contributed by atoms with E-state index in [1.54, 1.807) is 36.6 Å². The van der Waals surface area contributed by atoms with Crippen LogP contribution in [0.2, 0.25) is 0 Å². The first-order valence-electron chi connectivity index (χ1n) is 7.96. The molecule has 0 amide bonds. The van der Waals surface area contributed by atoms with Crippen LogP contribution >= 0.6 is 0 Å². The van der Waals surface area contributed by atoms with Crippen LogP contribution in [0.15, 0.2) is 58.0 Å². The molecule has 2 aromatic heterocycles. The summed E-state index contributed by atoms with van der Waals surface area (Å²) < 4.78 is 45.5. The van der Waals surface area contributed by atoms with Crippen LogP contribution in [0.5, 0.6) is 0 Å². The molecule has 0 bridgehead atoms. The molecule has 0 unspecified atom stereocenters. The number of hydrogen-bond acceptors (Lipinski definition) is 3. The average molecular weight is 358 g/mol. The fourth-order valence-electron chi connectivity index (χ4n) is 3.00. The number of alkyl halides is 3. The highest BCUT2D eigenvalue weighted by molar-refractivity contribution is 5.81. The molecular weight excluding hydrogens is 345 g/mol. The van der Waals surface area contributed by atoms with E-state index in [1.165, 1.54) is 10.6 Å². The van der Waals surface area contributed by atoms with Gasteiger partial charge in [-0.2, -0.15) is 13.2 Å². The van der Waals surface area contributed by atoms with Crippen molar-refractivity contribution in [2.45, 2.75) is 19.1 Å². The van der Waals surface area contributed by atoms with Gasteiger partial charge in [0.05, 0.1) is 22.7 Å². The van der Waals surface area contributed by atoms with Crippen LogP contribution in [0.25, 0.3) is 22.6 Å². The molecule has 1 aliphatic rings. The summed E-state index contributed by atoms with van der Waals surface area (Å²) in [7, 11) is 0. The molecule has 4 rings (SSSR count). The zero-order chi connectivity index (χ0) is 18.3. The van der Waals surface area contributed by atoms with Crippen molar-refractivity contribution in [2.75, 3.05) is 0 Å². The second kappa shape index (κ2) is 6.01. The van der Waals surface area contributed by atoms with Crippen molar-refractivity contribution in [2.24, 2.45) is 0 Å². The van der Waals surface area contributed by atoms with Crippen LogP contribution in [-0.4, -0.2) is 9.55 Å². The maximum atomic E-state index is 12.9. The van der Waals surface area contributed by atoms with E-state index < -0.39 is 11.7 Å². The van der Waals surface area contributed by atoms with Crippen LogP contribution < -0.4 is 5.56 Å². The zero-order valence-corrected chi connectivity index (χ0v) is 13.5. The van der Waals surface area contributed by atoms with E-state index in [2.05, 4.69) is 4.98 Å². The van der Waals surface area contributed by atoms with Crippen molar-refractivity contribution in [3.05, 3.63) is 76.2 Å². The van der Waals surface area contributed by atoms with Gasteiger partial charge in [0, 0.05) is 6.54 Å². The summed E-state index contributed by atoms with van der Waals surface area (Å²) in [6, 6.07) is 6.59. The van der Waals surface area contributed by atoms with Gasteiger partial charge in [0.1, 0.15) is 11.6 Å². The normalized spacial score (nSPS) is 16.0. The molecule has 0 saturated carbocycles. The molecule has 0 fully saturated rings. The Bertz CT molecular complexity index is 1090. The van der Waals surface area contributed by atoms with Crippen LogP contribution in [0.1, 0.15) is 23.6 Å². The number of furan rings is 1. The summed E-state index contributed by atoms with van der Waals surface area (Å²) in [6.07, 6.45) is 3.00. The molecule has 0 aliphatic carbocycles. The Kier molecular flexibility index (Phi) is 3.79. The SMILES string of the molecule is O=c1c2ccc(C(F)(F)F)cc2nc2n1CCC2=CC=Cc1ccco1. The Balaban J connectivity index is 1.79. The number of rotatable bonds is 2. The minimum atomic E-state index is -4.48. The second-order valence-corrected chi connectivity index (χ2v) is 5.94. The monoisotopic (exact) mass is 358 g/mol. The number of halogens is 3. The third kappa shape index (κ3) is 2.85. The Labute approximate surface area is 145 Å². The first-order valence-corrected chi connectivity index (χ1v) is 7.96. The van der Waals surface area contributed by atoms with Crippen LogP contribution in [0.4, 0.5) is 13.2 Å². The molecule has 0 atom stereocenters. The zero-order valence-electron chi connectivity index (χ0n) is 13.5. The lowest BCUT2D eigenvalue weighted by atomic mass is 10.1. The molecule has 1 aromatic carbocycles. The lowest BCUT2D eigenvalue weighted by Gasteiger charge is -2.09. The second-order valence-electron chi connectivity index (χ2n) is 5.94. The molecule has 0 N–H and O–H groups in total. The minimum absolute atomic E-state index is 0.0545. The van der Waals surface area contributed by atoms with Crippen molar-refractivity contribution < 1.29 is 17.6 Å². The number of nitrogens with zero attached hydrogens (tertiary/aromatic N) is 2. The van der Waals surface area contributed by atoms with E-state index in [0.29, 0.717) is 24.6 Å². The number of hydrogen-bond donors (Lipinski definition) is 0. The molecule has 0 radical (unpaired) electrons. The molecule has 1 aliphatic heterocycles. The highest BCUT2D eigenvalue weighted by Gasteiger charge is 2.31. The van der Waals surface area contributed by atoms with Crippen molar-refractivity contribution in [3.63, 3.8) is 0 Å². The number of benzene rings is 1. The Morgan fingerprint density at radius 1 is 1.23 bits per heavy atom. The predicted octanol–water partition coefficient (Wildman–Crippen LogP) is 4.51. The minimum Gasteiger partial charge on any atom is -0.465 e. The van der Waals surface area contributed by atoms with E-state index in [1.807, 2.05) is 0 Å². The molecule has 0 saturated heterocycles. The van der Waals surface area contributed by atoms with Crippen molar-refractivity contribution >= 4 is 22.6 Å². The molecule has 3 heterocycles. The van der Waals surface area contributed by atoms with Crippen molar-refractivity contribution in [1.29, 1.82) is 0 Å². The van der Waals surface area contributed by atoms with E-state index >= 15 is 0 Å². The smallest absolute Gasteiger partial charge is 0.416 e. The topological polar surface area (TPSA) is 48.0 Å². The molecule has 0 spiro atoms. The van der Waals surface area contributed by atoms with Crippen LogP contribution in [-0.2, 0) is 12.7 Å². The molecule has 7 heteroatoms. The summed E-state index contributed by atoms with van der Waals surface area (Å²) >= 11 is 0. The molecule has 3 aromatic rings.